The van der Waals surface area contributed by atoms with Crippen molar-refractivity contribution in [2.24, 2.45) is 5.84 Å². The highest BCUT2D eigenvalue weighted by Gasteiger charge is 2.27. The van der Waals surface area contributed by atoms with Crippen LogP contribution < -0.4 is 11.3 Å². The largest absolute Gasteiger partial charge is 0.300 e. The Kier molecular flexibility index (Phi) is 5.65. The van der Waals surface area contributed by atoms with Crippen LogP contribution in [-0.4, -0.2) is 42.1 Å². The van der Waals surface area contributed by atoms with Crippen molar-refractivity contribution in [1.82, 2.24) is 10.3 Å². The summed E-state index contributed by atoms with van der Waals surface area (Å²) < 4.78 is 14.3. The maximum atomic E-state index is 13.3. The molecule has 1 fully saturated rings. The van der Waals surface area contributed by atoms with Crippen LogP contribution in [0.4, 0.5) is 4.39 Å². The smallest absolute Gasteiger partial charge is 0.123 e. The van der Waals surface area contributed by atoms with Gasteiger partial charge in [0, 0.05) is 34.6 Å². The maximum Gasteiger partial charge on any atom is 0.123 e. The normalized spacial score (nSPS) is 22.4. The number of rotatable bonds is 4. The van der Waals surface area contributed by atoms with Crippen LogP contribution in [0.3, 0.4) is 0 Å². The molecule has 0 aliphatic carbocycles. The Balaban J connectivity index is 2.11. The Bertz CT molecular complexity index is 432. The number of hydrazine groups is 1. The molecule has 2 atom stereocenters. The lowest BCUT2D eigenvalue weighted by molar-refractivity contribution is 0.214. The average molecular weight is 348 g/mol. The molecule has 3 N–H and O–H groups in total. The number of thioether (sulfide) groups is 1. The van der Waals surface area contributed by atoms with Gasteiger partial charge in [0.1, 0.15) is 5.82 Å². The summed E-state index contributed by atoms with van der Waals surface area (Å²) in [7, 11) is 2.12. The number of halogens is 2. The predicted octanol–water partition coefficient (Wildman–Crippen LogP) is 2.01. The lowest BCUT2D eigenvalue weighted by atomic mass is 9.99. The van der Waals surface area contributed by atoms with E-state index in [1.54, 1.807) is 12.1 Å². The van der Waals surface area contributed by atoms with Crippen molar-refractivity contribution in [1.29, 1.82) is 0 Å². The van der Waals surface area contributed by atoms with E-state index in [4.69, 9.17) is 5.84 Å². The number of benzene rings is 1. The summed E-state index contributed by atoms with van der Waals surface area (Å²) in [6.07, 6.45) is 0.713. The van der Waals surface area contributed by atoms with E-state index in [2.05, 4.69) is 33.3 Å². The van der Waals surface area contributed by atoms with Gasteiger partial charge in [-0.05, 0) is 37.2 Å². The Labute approximate surface area is 126 Å². The van der Waals surface area contributed by atoms with Gasteiger partial charge in [0.2, 0.25) is 0 Å². The molecule has 1 aliphatic rings. The standard InChI is InChI=1S/C13H19BrFN3S/c1-18-4-5-19-8-13(18)12(17-16)7-9-6-10(15)2-3-11(9)14/h2-3,6,12-13,17H,4-5,7-8,16H2,1H3. The molecule has 1 aliphatic heterocycles. The van der Waals surface area contributed by atoms with Gasteiger partial charge in [0.05, 0.1) is 0 Å². The van der Waals surface area contributed by atoms with Crippen molar-refractivity contribution in [3.05, 3.63) is 34.1 Å². The second kappa shape index (κ2) is 7.04. The maximum absolute atomic E-state index is 13.3. The van der Waals surface area contributed by atoms with Gasteiger partial charge in [-0.2, -0.15) is 11.8 Å². The Hall–Kier alpha value is -0.140. The van der Waals surface area contributed by atoms with Crippen LogP contribution in [-0.2, 0) is 6.42 Å². The van der Waals surface area contributed by atoms with E-state index in [0.717, 1.165) is 28.1 Å². The van der Waals surface area contributed by atoms with Crippen LogP contribution >= 0.6 is 27.7 Å². The molecule has 0 amide bonds. The van der Waals surface area contributed by atoms with E-state index in [1.807, 2.05) is 11.8 Å². The highest BCUT2D eigenvalue weighted by Crippen LogP contribution is 2.23. The van der Waals surface area contributed by atoms with Crippen LogP contribution in [0.2, 0.25) is 0 Å². The number of nitrogens with two attached hydrogens (primary N) is 1. The summed E-state index contributed by atoms with van der Waals surface area (Å²) in [5.41, 5.74) is 3.85. The molecule has 0 radical (unpaired) electrons. The molecule has 6 heteroatoms. The fourth-order valence-electron chi connectivity index (χ4n) is 2.37. The van der Waals surface area contributed by atoms with Crippen LogP contribution in [0, 0.1) is 5.82 Å². The van der Waals surface area contributed by atoms with Crippen molar-refractivity contribution in [3.63, 3.8) is 0 Å². The molecular formula is C13H19BrFN3S. The van der Waals surface area contributed by atoms with E-state index in [0.29, 0.717) is 12.5 Å². The zero-order valence-electron chi connectivity index (χ0n) is 10.9. The van der Waals surface area contributed by atoms with Crippen molar-refractivity contribution in [3.8, 4) is 0 Å². The number of hydrogen-bond acceptors (Lipinski definition) is 4. The van der Waals surface area contributed by atoms with Crippen LogP contribution in [0.15, 0.2) is 22.7 Å². The lowest BCUT2D eigenvalue weighted by Crippen LogP contribution is -2.55. The molecule has 1 saturated heterocycles. The van der Waals surface area contributed by atoms with E-state index in [-0.39, 0.29) is 11.9 Å². The van der Waals surface area contributed by atoms with Gasteiger partial charge in [-0.15, -0.1) is 0 Å². The van der Waals surface area contributed by atoms with Gasteiger partial charge in [-0.3, -0.25) is 11.3 Å². The van der Waals surface area contributed by atoms with Crippen LogP contribution in [0.1, 0.15) is 5.56 Å². The summed E-state index contributed by atoms with van der Waals surface area (Å²) in [4.78, 5) is 2.33. The molecule has 0 saturated carbocycles. The quantitative estimate of drug-likeness (QED) is 0.645. The van der Waals surface area contributed by atoms with Gasteiger partial charge in [-0.1, -0.05) is 15.9 Å². The topological polar surface area (TPSA) is 41.3 Å². The molecule has 1 heterocycles. The summed E-state index contributed by atoms with van der Waals surface area (Å²) in [6.45, 7) is 1.07. The fourth-order valence-corrected chi connectivity index (χ4v) is 4.09. The van der Waals surface area contributed by atoms with Crippen molar-refractivity contribution >= 4 is 27.7 Å². The zero-order valence-corrected chi connectivity index (χ0v) is 13.3. The Morgan fingerprint density at radius 3 is 3.11 bits per heavy atom. The molecule has 2 unspecified atom stereocenters. The third kappa shape index (κ3) is 3.92. The van der Waals surface area contributed by atoms with E-state index < -0.39 is 0 Å². The van der Waals surface area contributed by atoms with Crippen molar-refractivity contribution in [2.75, 3.05) is 25.1 Å². The summed E-state index contributed by atoms with van der Waals surface area (Å²) in [6, 6.07) is 5.28. The van der Waals surface area contributed by atoms with Crippen LogP contribution in [0.25, 0.3) is 0 Å². The average Bonchev–Trinajstić information content (AvgIpc) is 2.41. The molecule has 0 spiro atoms. The van der Waals surface area contributed by atoms with Gasteiger partial charge in [0.25, 0.3) is 0 Å². The molecule has 2 rings (SSSR count). The second-order valence-electron chi connectivity index (χ2n) is 4.84. The zero-order chi connectivity index (χ0) is 13.8. The number of hydrogen-bond donors (Lipinski definition) is 2. The molecule has 0 aromatic heterocycles. The van der Waals surface area contributed by atoms with Gasteiger partial charge < -0.3 is 4.90 Å². The number of nitrogens with one attached hydrogen (secondary N) is 1. The molecule has 1 aromatic rings. The first-order valence-corrected chi connectivity index (χ1v) is 8.24. The first kappa shape index (κ1) is 15.3. The lowest BCUT2D eigenvalue weighted by Gasteiger charge is -2.37. The van der Waals surface area contributed by atoms with Gasteiger partial charge in [0.15, 0.2) is 0 Å². The highest BCUT2D eigenvalue weighted by molar-refractivity contribution is 9.10. The summed E-state index contributed by atoms with van der Waals surface area (Å²) in [5.74, 6) is 7.71. The first-order valence-electron chi connectivity index (χ1n) is 6.30. The minimum absolute atomic E-state index is 0.121. The third-order valence-electron chi connectivity index (χ3n) is 3.57. The van der Waals surface area contributed by atoms with Gasteiger partial charge >= 0.3 is 0 Å². The van der Waals surface area contributed by atoms with Gasteiger partial charge in [-0.25, -0.2) is 4.39 Å². The molecule has 106 valence electrons. The monoisotopic (exact) mass is 347 g/mol. The molecule has 1 aromatic carbocycles. The van der Waals surface area contributed by atoms with Crippen LogP contribution in [0.5, 0.6) is 0 Å². The first-order chi connectivity index (χ1) is 9.11. The molecule has 19 heavy (non-hydrogen) atoms. The van der Waals surface area contributed by atoms with Crippen molar-refractivity contribution < 1.29 is 4.39 Å². The summed E-state index contributed by atoms with van der Waals surface area (Å²) in [5, 5.41) is 0. The highest BCUT2D eigenvalue weighted by atomic mass is 79.9. The number of likely N-dealkylation sites (N-methyl/N-ethyl adjacent to an activating group) is 1. The molecule has 0 bridgehead atoms. The van der Waals surface area contributed by atoms with E-state index >= 15 is 0 Å². The predicted molar refractivity (Wildman–Crippen MR) is 82.7 cm³/mol. The number of nitrogens with zero attached hydrogens (tertiary/aromatic N) is 1. The molecular weight excluding hydrogens is 329 g/mol. The minimum Gasteiger partial charge on any atom is -0.300 e. The second-order valence-corrected chi connectivity index (χ2v) is 6.84. The van der Waals surface area contributed by atoms with Crippen molar-refractivity contribution in [2.45, 2.75) is 18.5 Å². The Morgan fingerprint density at radius 1 is 1.63 bits per heavy atom. The summed E-state index contributed by atoms with van der Waals surface area (Å²) >= 11 is 5.42. The minimum atomic E-state index is -0.208. The Morgan fingerprint density at radius 2 is 2.42 bits per heavy atom. The third-order valence-corrected chi connectivity index (χ3v) is 5.39. The van der Waals surface area contributed by atoms with E-state index in [9.17, 15) is 4.39 Å². The van der Waals surface area contributed by atoms with E-state index in [1.165, 1.54) is 6.07 Å². The molecule has 3 nitrogen and oxygen atoms in total. The fraction of sp³-hybridized carbons (Fsp3) is 0.538. The SMILES string of the molecule is CN1CCSCC1C(Cc1cc(F)ccc1Br)NN.